The molecule has 1 aliphatic heterocycles. The first kappa shape index (κ1) is 12.3. The summed E-state index contributed by atoms with van der Waals surface area (Å²) in [6.45, 7) is 2.20. The van der Waals surface area contributed by atoms with Crippen LogP contribution in [0.2, 0.25) is 0 Å². The van der Waals surface area contributed by atoms with Crippen molar-refractivity contribution in [3.05, 3.63) is 66.0 Å². The second kappa shape index (κ2) is 5.11. The summed E-state index contributed by atoms with van der Waals surface area (Å²) in [6.07, 6.45) is 1.84. The van der Waals surface area contributed by atoms with Crippen molar-refractivity contribution < 1.29 is 4.74 Å². The minimum absolute atomic E-state index is 0.0681. The van der Waals surface area contributed by atoms with Crippen LogP contribution in [0.25, 0.3) is 0 Å². The van der Waals surface area contributed by atoms with Crippen LogP contribution >= 0.6 is 0 Å². The third kappa shape index (κ3) is 2.27. The monoisotopic (exact) mass is 254 g/mol. The third-order valence-corrected chi connectivity index (χ3v) is 3.79. The number of likely N-dealkylation sites (N-methyl/N-ethyl adjacent to an activating group) is 1. The number of rotatable bonds is 2. The van der Waals surface area contributed by atoms with Gasteiger partial charge in [0.1, 0.15) is 6.10 Å². The molecular weight excluding hydrogens is 236 g/mol. The Morgan fingerprint density at radius 1 is 1.05 bits per heavy atom. The summed E-state index contributed by atoms with van der Waals surface area (Å²) >= 11 is 0. The van der Waals surface area contributed by atoms with Crippen molar-refractivity contribution in [2.24, 2.45) is 0 Å². The summed E-state index contributed by atoms with van der Waals surface area (Å²) in [6, 6.07) is 16.7. The largest absolute Gasteiger partial charge is 0.348 e. The highest BCUT2D eigenvalue weighted by Gasteiger charge is 2.39. The van der Waals surface area contributed by atoms with Gasteiger partial charge in [-0.05, 0) is 31.7 Å². The van der Waals surface area contributed by atoms with E-state index in [9.17, 15) is 0 Å². The van der Waals surface area contributed by atoms with E-state index in [1.165, 1.54) is 5.56 Å². The Labute approximate surface area is 113 Å². The predicted molar refractivity (Wildman–Crippen MR) is 74.5 cm³/mol. The van der Waals surface area contributed by atoms with Gasteiger partial charge in [-0.1, -0.05) is 36.4 Å². The van der Waals surface area contributed by atoms with Crippen LogP contribution in [0.1, 0.15) is 30.5 Å². The Hall–Kier alpha value is -1.71. The number of benzene rings is 1. The molecular formula is C16H18N2O. The van der Waals surface area contributed by atoms with E-state index in [1.54, 1.807) is 0 Å². The maximum absolute atomic E-state index is 6.22. The quantitative estimate of drug-likeness (QED) is 0.823. The molecule has 0 unspecified atom stereocenters. The van der Waals surface area contributed by atoms with Crippen LogP contribution in [0.4, 0.5) is 0 Å². The Morgan fingerprint density at radius 2 is 1.79 bits per heavy atom. The van der Waals surface area contributed by atoms with Gasteiger partial charge in [-0.25, -0.2) is 0 Å². The lowest BCUT2D eigenvalue weighted by atomic mass is 10.0. The highest BCUT2D eigenvalue weighted by Crippen LogP contribution is 2.40. The van der Waals surface area contributed by atoms with Crippen molar-refractivity contribution in [1.82, 2.24) is 9.88 Å². The van der Waals surface area contributed by atoms with Crippen LogP contribution in [0.15, 0.2) is 54.7 Å². The maximum atomic E-state index is 6.22. The molecule has 98 valence electrons. The van der Waals surface area contributed by atoms with E-state index in [0.717, 1.165) is 5.69 Å². The van der Waals surface area contributed by atoms with Gasteiger partial charge in [-0.2, -0.15) is 0 Å². The molecule has 19 heavy (non-hydrogen) atoms. The normalized spacial score (nSPS) is 27.6. The second-order valence-electron chi connectivity index (χ2n) is 4.98. The second-order valence-corrected chi connectivity index (χ2v) is 4.98. The van der Waals surface area contributed by atoms with Crippen LogP contribution in [-0.4, -0.2) is 23.0 Å². The molecule has 0 bridgehead atoms. The molecule has 0 radical (unpaired) electrons. The SMILES string of the molecule is C[C@@H]1[C@@H](c2ccccc2)O[C@H](c2ccccn2)N1C. The first-order valence-electron chi connectivity index (χ1n) is 6.60. The molecule has 3 heteroatoms. The molecule has 2 aromatic rings. The molecule has 1 aromatic heterocycles. The van der Waals surface area contributed by atoms with Gasteiger partial charge < -0.3 is 4.74 Å². The summed E-state index contributed by atoms with van der Waals surface area (Å²) in [5.74, 6) is 0. The van der Waals surface area contributed by atoms with Crippen molar-refractivity contribution in [3.8, 4) is 0 Å². The fourth-order valence-electron chi connectivity index (χ4n) is 2.58. The lowest BCUT2D eigenvalue weighted by Gasteiger charge is -2.20. The first-order chi connectivity index (χ1) is 9.27. The predicted octanol–water partition coefficient (Wildman–Crippen LogP) is 3.17. The fraction of sp³-hybridized carbons (Fsp3) is 0.312. The first-order valence-corrected chi connectivity index (χ1v) is 6.60. The molecule has 1 aromatic carbocycles. The molecule has 0 N–H and O–H groups in total. The van der Waals surface area contributed by atoms with Crippen LogP contribution in [-0.2, 0) is 4.74 Å². The van der Waals surface area contributed by atoms with Crippen molar-refractivity contribution >= 4 is 0 Å². The zero-order valence-electron chi connectivity index (χ0n) is 11.2. The topological polar surface area (TPSA) is 25.4 Å². The Balaban J connectivity index is 1.88. The lowest BCUT2D eigenvalue weighted by Crippen LogP contribution is -2.27. The molecule has 3 atom stereocenters. The van der Waals surface area contributed by atoms with Gasteiger partial charge in [-0.15, -0.1) is 0 Å². The number of ether oxygens (including phenoxy) is 1. The molecule has 1 saturated heterocycles. The molecule has 2 heterocycles. The summed E-state index contributed by atoms with van der Waals surface area (Å²) in [4.78, 5) is 6.64. The summed E-state index contributed by atoms with van der Waals surface area (Å²) in [7, 11) is 2.09. The third-order valence-electron chi connectivity index (χ3n) is 3.79. The molecule has 0 amide bonds. The zero-order valence-corrected chi connectivity index (χ0v) is 11.2. The van der Waals surface area contributed by atoms with Crippen LogP contribution in [0.3, 0.4) is 0 Å². The number of nitrogens with zero attached hydrogens (tertiary/aromatic N) is 2. The molecule has 1 aliphatic rings. The summed E-state index contributed by atoms with van der Waals surface area (Å²) in [5.41, 5.74) is 2.19. The van der Waals surface area contributed by atoms with Crippen molar-refractivity contribution in [3.63, 3.8) is 0 Å². The Bertz CT molecular complexity index is 479. The lowest BCUT2D eigenvalue weighted by molar-refractivity contribution is 0.00270. The van der Waals surface area contributed by atoms with Crippen molar-refractivity contribution in [1.29, 1.82) is 0 Å². The minimum Gasteiger partial charge on any atom is -0.348 e. The fourth-order valence-corrected chi connectivity index (χ4v) is 2.58. The van der Waals surface area contributed by atoms with Gasteiger partial charge >= 0.3 is 0 Å². The van der Waals surface area contributed by atoms with Gasteiger partial charge in [0.25, 0.3) is 0 Å². The molecule has 3 nitrogen and oxygen atoms in total. The molecule has 0 spiro atoms. The number of pyridine rings is 1. The van der Waals surface area contributed by atoms with Crippen LogP contribution in [0, 0.1) is 0 Å². The van der Waals surface area contributed by atoms with Gasteiger partial charge in [0.15, 0.2) is 6.23 Å². The van der Waals surface area contributed by atoms with Crippen molar-refractivity contribution in [2.45, 2.75) is 25.3 Å². The number of hydrogen-bond acceptors (Lipinski definition) is 3. The standard InChI is InChI=1S/C16H18N2O/c1-12-15(13-8-4-3-5-9-13)19-16(18(12)2)14-10-6-7-11-17-14/h3-12,15-16H,1-2H3/t12-,15+,16-/m1/s1. The van der Waals surface area contributed by atoms with Gasteiger partial charge in [0.05, 0.1) is 5.69 Å². The average molecular weight is 254 g/mol. The Kier molecular flexibility index (Phi) is 3.32. The van der Waals surface area contributed by atoms with E-state index in [0.29, 0.717) is 6.04 Å². The highest BCUT2D eigenvalue weighted by atomic mass is 16.5. The van der Waals surface area contributed by atoms with E-state index in [-0.39, 0.29) is 12.3 Å². The van der Waals surface area contributed by atoms with Crippen LogP contribution < -0.4 is 0 Å². The van der Waals surface area contributed by atoms with E-state index in [1.807, 2.05) is 30.5 Å². The van der Waals surface area contributed by atoms with Gasteiger partial charge in [-0.3, -0.25) is 9.88 Å². The minimum atomic E-state index is -0.0681. The molecule has 1 fully saturated rings. The van der Waals surface area contributed by atoms with Crippen LogP contribution in [0.5, 0.6) is 0 Å². The smallest absolute Gasteiger partial charge is 0.154 e. The van der Waals surface area contributed by atoms with E-state index in [4.69, 9.17) is 4.74 Å². The number of hydrogen-bond donors (Lipinski definition) is 0. The molecule has 3 rings (SSSR count). The maximum Gasteiger partial charge on any atom is 0.154 e. The number of aromatic nitrogens is 1. The summed E-state index contributed by atoms with van der Waals surface area (Å²) in [5, 5.41) is 0. The van der Waals surface area contributed by atoms with Crippen molar-refractivity contribution in [2.75, 3.05) is 7.05 Å². The molecule has 0 saturated carbocycles. The summed E-state index contributed by atoms with van der Waals surface area (Å²) < 4.78 is 6.22. The Morgan fingerprint density at radius 3 is 2.47 bits per heavy atom. The van der Waals surface area contributed by atoms with Gasteiger partial charge in [0, 0.05) is 12.2 Å². The van der Waals surface area contributed by atoms with Gasteiger partial charge in [0.2, 0.25) is 0 Å². The van der Waals surface area contributed by atoms with E-state index >= 15 is 0 Å². The highest BCUT2D eigenvalue weighted by molar-refractivity contribution is 5.21. The zero-order chi connectivity index (χ0) is 13.2. The average Bonchev–Trinajstić information content (AvgIpc) is 2.77. The van der Waals surface area contributed by atoms with E-state index in [2.05, 4.69) is 48.1 Å². The van der Waals surface area contributed by atoms with E-state index < -0.39 is 0 Å². The molecule has 0 aliphatic carbocycles.